The van der Waals surface area contributed by atoms with Gasteiger partial charge in [-0.1, -0.05) is 49.4 Å². The van der Waals surface area contributed by atoms with Crippen LogP contribution in [0.25, 0.3) is 0 Å². The molecule has 0 saturated heterocycles. The number of benzene rings is 2. The highest BCUT2D eigenvalue weighted by molar-refractivity contribution is 6.10. The van der Waals surface area contributed by atoms with Gasteiger partial charge in [0.05, 0.1) is 25.5 Å². The van der Waals surface area contributed by atoms with Crippen LogP contribution < -0.4 is 10.1 Å². The smallest absolute Gasteiger partial charge is 0.341 e. The van der Waals surface area contributed by atoms with Crippen LogP contribution in [-0.2, 0) is 16.1 Å². The molecule has 1 aliphatic heterocycles. The Hall–Kier alpha value is -3.19. The molecule has 164 valence electrons. The predicted octanol–water partition coefficient (Wildman–Crippen LogP) is 3.60. The van der Waals surface area contributed by atoms with Crippen molar-refractivity contribution in [3.63, 3.8) is 0 Å². The van der Waals surface area contributed by atoms with Crippen molar-refractivity contribution in [2.24, 2.45) is 10.9 Å². The number of carbonyl (C=O) groups is 2. The number of esters is 1. The van der Waals surface area contributed by atoms with E-state index in [1.807, 2.05) is 49.4 Å². The van der Waals surface area contributed by atoms with Gasteiger partial charge in [-0.25, -0.2) is 9.79 Å². The van der Waals surface area contributed by atoms with Crippen LogP contribution in [-0.4, -0.2) is 49.4 Å². The number of carbonyl (C=O) groups excluding carboxylic acids is 2. The van der Waals surface area contributed by atoms with Crippen molar-refractivity contribution in [2.75, 3.05) is 26.8 Å². The van der Waals surface area contributed by atoms with E-state index in [9.17, 15) is 9.59 Å². The molecule has 1 N–H and O–H groups in total. The summed E-state index contributed by atoms with van der Waals surface area (Å²) >= 11 is 0. The SMILES string of the molecule is CCOC(=O)C1C(CN(CC)Cc2ccccc2)=NC(=O)NC1c1ccc(OC)cc1. The topological polar surface area (TPSA) is 80.2 Å². The third-order valence-corrected chi connectivity index (χ3v) is 5.31. The van der Waals surface area contributed by atoms with E-state index >= 15 is 0 Å². The molecule has 7 nitrogen and oxygen atoms in total. The van der Waals surface area contributed by atoms with Crippen molar-refractivity contribution in [1.29, 1.82) is 0 Å². The summed E-state index contributed by atoms with van der Waals surface area (Å²) in [6, 6.07) is 16.4. The summed E-state index contributed by atoms with van der Waals surface area (Å²) in [6.07, 6.45) is 0. The van der Waals surface area contributed by atoms with Crippen molar-refractivity contribution >= 4 is 17.7 Å². The van der Waals surface area contributed by atoms with E-state index in [-0.39, 0.29) is 6.61 Å². The Morgan fingerprint density at radius 3 is 2.39 bits per heavy atom. The molecule has 0 bridgehead atoms. The first kappa shape index (κ1) is 22.5. The number of hydrogen-bond donors (Lipinski definition) is 1. The van der Waals surface area contributed by atoms with Gasteiger partial charge in [0.1, 0.15) is 11.7 Å². The standard InChI is InChI=1S/C24H29N3O4/c1-4-27(15-17-9-7-6-8-10-17)16-20-21(23(28)31-5-2)22(26-24(29)25-20)18-11-13-19(30-3)14-12-18/h6-14,21-22H,4-5,15-16H2,1-3H3,(H,26,29). The fourth-order valence-electron chi connectivity index (χ4n) is 3.72. The maximum atomic E-state index is 13.0. The highest BCUT2D eigenvalue weighted by Crippen LogP contribution is 2.30. The first-order valence-electron chi connectivity index (χ1n) is 10.5. The molecule has 31 heavy (non-hydrogen) atoms. The lowest BCUT2D eigenvalue weighted by Gasteiger charge is -2.33. The maximum absolute atomic E-state index is 13.0. The average molecular weight is 424 g/mol. The summed E-state index contributed by atoms with van der Waals surface area (Å²) in [5.74, 6) is -0.388. The number of nitrogens with one attached hydrogen (secondary N) is 1. The molecule has 2 amide bonds. The zero-order valence-electron chi connectivity index (χ0n) is 18.2. The molecule has 2 aromatic carbocycles. The minimum absolute atomic E-state index is 0.257. The maximum Gasteiger partial charge on any atom is 0.341 e. The molecule has 1 heterocycles. The van der Waals surface area contributed by atoms with Gasteiger partial charge < -0.3 is 14.8 Å². The summed E-state index contributed by atoms with van der Waals surface area (Å²) < 4.78 is 10.6. The van der Waals surface area contributed by atoms with Crippen LogP contribution >= 0.6 is 0 Å². The van der Waals surface area contributed by atoms with Gasteiger partial charge in [-0.3, -0.25) is 9.69 Å². The first-order valence-corrected chi connectivity index (χ1v) is 10.5. The summed E-state index contributed by atoms with van der Waals surface area (Å²) in [7, 11) is 1.59. The van der Waals surface area contributed by atoms with Crippen LogP contribution in [0.2, 0.25) is 0 Å². The van der Waals surface area contributed by atoms with Crippen molar-refractivity contribution in [3.8, 4) is 5.75 Å². The number of rotatable bonds is 9. The summed E-state index contributed by atoms with van der Waals surface area (Å²) in [6.45, 7) is 5.92. The van der Waals surface area contributed by atoms with E-state index in [1.165, 1.54) is 0 Å². The van der Waals surface area contributed by atoms with Crippen LogP contribution in [0, 0.1) is 5.92 Å². The fraction of sp³-hybridized carbons (Fsp3) is 0.375. The normalized spacial score (nSPS) is 18.3. The number of aliphatic imine (C=N–C) groups is 1. The highest BCUT2D eigenvalue weighted by atomic mass is 16.5. The van der Waals surface area contributed by atoms with Gasteiger partial charge in [0, 0.05) is 13.1 Å². The van der Waals surface area contributed by atoms with Gasteiger partial charge in [0.2, 0.25) is 0 Å². The van der Waals surface area contributed by atoms with Crippen LogP contribution in [0.4, 0.5) is 4.79 Å². The second-order valence-electron chi connectivity index (χ2n) is 7.32. The molecule has 0 radical (unpaired) electrons. The first-order chi connectivity index (χ1) is 15.0. The monoisotopic (exact) mass is 423 g/mol. The number of hydrogen-bond acceptors (Lipinski definition) is 5. The van der Waals surface area contributed by atoms with E-state index in [1.54, 1.807) is 14.0 Å². The van der Waals surface area contributed by atoms with Gasteiger partial charge in [-0.2, -0.15) is 0 Å². The Bertz CT molecular complexity index is 912. The van der Waals surface area contributed by atoms with Gasteiger partial charge in [0.15, 0.2) is 0 Å². The predicted molar refractivity (Wildman–Crippen MR) is 119 cm³/mol. The Balaban J connectivity index is 1.89. The van der Waals surface area contributed by atoms with E-state index in [0.29, 0.717) is 24.6 Å². The lowest BCUT2D eigenvalue weighted by Crippen LogP contribution is -2.48. The summed E-state index contributed by atoms with van der Waals surface area (Å²) in [5.41, 5.74) is 2.47. The second-order valence-corrected chi connectivity index (χ2v) is 7.32. The van der Waals surface area contributed by atoms with Crippen LogP contribution in [0.5, 0.6) is 5.75 Å². The quantitative estimate of drug-likeness (QED) is 0.624. The lowest BCUT2D eigenvalue weighted by atomic mass is 9.87. The molecule has 0 fully saturated rings. The van der Waals surface area contributed by atoms with E-state index in [4.69, 9.17) is 9.47 Å². The number of amides is 2. The minimum Gasteiger partial charge on any atom is -0.497 e. The van der Waals surface area contributed by atoms with Crippen molar-refractivity contribution in [1.82, 2.24) is 10.2 Å². The Kier molecular flexibility index (Phi) is 7.78. The zero-order valence-corrected chi connectivity index (χ0v) is 18.2. The molecule has 2 atom stereocenters. The number of nitrogens with zero attached hydrogens (tertiary/aromatic N) is 2. The molecule has 3 rings (SSSR count). The van der Waals surface area contributed by atoms with Crippen LogP contribution in [0.3, 0.4) is 0 Å². The van der Waals surface area contributed by atoms with Gasteiger partial charge in [-0.05, 0) is 36.7 Å². The molecule has 1 aliphatic rings. The largest absolute Gasteiger partial charge is 0.497 e. The van der Waals surface area contributed by atoms with Crippen LogP contribution in [0.15, 0.2) is 59.6 Å². The fourth-order valence-corrected chi connectivity index (χ4v) is 3.72. The molecule has 0 aromatic heterocycles. The number of methoxy groups -OCH3 is 1. The van der Waals surface area contributed by atoms with E-state index in [2.05, 4.69) is 27.3 Å². The van der Waals surface area contributed by atoms with Gasteiger partial charge in [0.25, 0.3) is 0 Å². The third kappa shape index (κ3) is 5.70. The average Bonchev–Trinajstić information content (AvgIpc) is 2.79. The zero-order chi connectivity index (χ0) is 22.2. The minimum atomic E-state index is -0.698. The van der Waals surface area contributed by atoms with Crippen molar-refractivity contribution in [2.45, 2.75) is 26.4 Å². The summed E-state index contributed by atoms with van der Waals surface area (Å²) in [4.78, 5) is 31.8. The van der Waals surface area contributed by atoms with Crippen molar-refractivity contribution in [3.05, 3.63) is 65.7 Å². The van der Waals surface area contributed by atoms with Crippen molar-refractivity contribution < 1.29 is 19.1 Å². The highest BCUT2D eigenvalue weighted by Gasteiger charge is 2.40. The molecule has 0 saturated carbocycles. The molecule has 0 spiro atoms. The Morgan fingerprint density at radius 2 is 1.77 bits per heavy atom. The molecule has 7 heteroatoms. The summed E-state index contributed by atoms with van der Waals surface area (Å²) in [5, 5.41) is 2.84. The number of urea groups is 1. The Morgan fingerprint density at radius 1 is 1.06 bits per heavy atom. The van der Waals surface area contributed by atoms with E-state index in [0.717, 1.165) is 17.7 Å². The molecule has 0 aliphatic carbocycles. The molecular weight excluding hydrogens is 394 g/mol. The van der Waals surface area contributed by atoms with Gasteiger partial charge in [-0.15, -0.1) is 0 Å². The molecule has 2 aromatic rings. The molecular formula is C24H29N3O4. The number of ether oxygens (including phenoxy) is 2. The lowest BCUT2D eigenvalue weighted by molar-refractivity contribution is -0.146. The van der Waals surface area contributed by atoms with Gasteiger partial charge >= 0.3 is 12.0 Å². The van der Waals surface area contributed by atoms with E-state index < -0.39 is 24.0 Å². The Labute approximate surface area is 183 Å². The molecule has 2 unspecified atom stereocenters. The second kappa shape index (κ2) is 10.7. The van der Waals surface area contributed by atoms with Crippen LogP contribution in [0.1, 0.15) is 31.0 Å². The third-order valence-electron chi connectivity index (χ3n) is 5.31.